The molecule has 4 aliphatic rings. The van der Waals surface area contributed by atoms with Crippen molar-refractivity contribution >= 4 is 69.4 Å². The van der Waals surface area contributed by atoms with E-state index in [2.05, 4.69) is 74.7 Å². The maximum absolute atomic E-state index is 14.9. The molecular weight excluding hydrogens is 854 g/mol. The topological polar surface area (TPSA) is 30.5 Å². The van der Waals surface area contributed by atoms with Gasteiger partial charge >= 0.3 is 0 Å². The summed E-state index contributed by atoms with van der Waals surface area (Å²) in [5.41, 5.74) is 3.23. The second kappa shape index (κ2) is 10.8. The summed E-state index contributed by atoms with van der Waals surface area (Å²) in [7, 11) is 0. The van der Waals surface area contributed by atoms with E-state index in [1.54, 1.807) is 0 Å². The Balaban J connectivity index is 1.45. The highest BCUT2D eigenvalue weighted by Crippen LogP contribution is 2.60. The molecule has 0 amide bonds. The van der Waals surface area contributed by atoms with E-state index in [1.165, 1.54) is 5.01 Å². The lowest BCUT2D eigenvalue weighted by molar-refractivity contribution is -0.0481. The molecule has 1 saturated heterocycles. The quantitative estimate of drug-likeness (QED) is 0.106. The van der Waals surface area contributed by atoms with Gasteiger partial charge in [0, 0.05) is 19.7 Å². The van der Waals surface area contributed by atoms with Crippen molar-refractivity contribution in [2.24, 2.45) is 17.8 Å². The summed E-state index contributed by atoms with van der Waals surface area (Å²) in [4.78, 5) is -1.18. The summed E-state index contributed by atoms with van der Waals surface area (Å²) in [5, 5.41) is 2.00. The molecule has 2 N–H and O–H groups in total. The summed E-state index contributed by atoms with van der Waals surface area (Å²) in [6.45, 7) is 0. The Hall–Kier alpha value is -1.08. The zero-order valence-electron chi connectivity index (χ0n) is 20.2. The molecule has 0 spiro atoms. The first-order chi connectivity index (χ1) is 19.7. The molecule has 0 radical (unpaired) electrons. The first-order valence-electron chi connectivity index (χ1n) is 12.2. The second-order valence-electron chi connectivity index (χ2n) is 10.4. The minimum absolute atomic E-state index is 0.00779. The number of halogens is 14. The van der Waals surface area contributed by atoms with Crippen molar-refractivity contribution in [3.05, 3.63) is 72.8 Å². The lowest BCUT2D eigenvalue weighted by atomic mass is 9.57. The van der Waals surface area contributed by atoms with E-state index in [4.69, 9.17) is 0 Å². The van der Waals surface area contributed by atoms with Gasteiger partial charge in [-0.1, -0.05) is 47.8 Å². The van der Waals surface area contributed by atoms with Crippen LogP contribution in [-0.4, -0.2) is 26.7 Å². The van der Waals surface area contributed by atoms with Crippen LogP contribution in [0.2, 0.25) is 0 Å². The van der Waals surface area contributed by atoms with E-state index in [0.29, 0.717) is 9.60 Å². The van der Waals surface area contributed by atoms with Crippen molar-refractivity contribution in [1.82, 2.24) is 16.0 Å². The van der Waals surface area contributed by atoms with Gasteiger partial charge in [-0.05, 0) is 52.4 Å². The Morgan fingerprint density at radius 1 is 0.643 bits per heavy atom. The van der Waals surface area contributed by atoms with Crippen LogP contribution in [0.3, 0.4) is 0 Å². The molecule has 42 heavy (non-hydrogen) atoms. The molecule has 2 aromatic rings. The minimum Gasteiger partial charge on any atom is -0.277 e. The average Bonchev–Trinajstić information content (AvgIpc) is 2.97. The van der Waals surface area contributed by atoms with E-state index in [0.717, 1.165) is 0 Å². The summed E-state index contributed by atoms with van der Waals surface area (Å²) in [6, 6.07) is -1.36. The third-order valence-electron chi connectivity index (χ3n) is 8.45. The van der Waals surface area contributed by atoms with Gasteiger partial charge in [-0.2, -0.15) is 0 Å². The van der Waals surface area contributed by atoms with E-state index in [-0.39, 0.29) is 23.4 Å². The SMILES string of the molecule is Fc1c(F)c(F)c(C2CC3C(Br)=C(Br)N4NN(c5c(F)c(F)c(F)c(F)c5F)NC5C(Br)C(Br)C(C2)C3C54)c(F)c1F. The van der Waals surface area contributed by atoms with Crippen molar-refractivity contribution in [3.8, 4) is 0 Å². The molecule has 2 aromatic carbocycles. The monoisotopic (exact) mass is 864 g/mol. The summed E-state index contributed by atoms with van der Waals surface area (Å²) >= 11 is 13.9. The van der Waals surface area contributed by atoms with Crippen LogP contribution in [0.5, 0.6) is 0 Å². The normalized spacial score (nSPS) is 32.4. The Morgan fingerprint density at radius 2 is 1.14 bits per heavy atom. The van der Waals surface area contributed by atoms with Gasteiger partial charge in [0.2, 0.25) is 11.6 Å². The molecule has 0 bridgehead atoms. The number of nitrogens with zero attached hydrogens (tertiary/aromatic N) is 2. The number of hydrazine groups is 3. The Labute approximate surface area is 264 Å². The number of benzene rings is 2. The van der Waals surface area contributed by atoms with Crippen molar-refractivity contribution in [2.45, 2.75) is 40.5 Å². The van der Waals surface area contributed by atoms with Crippen molar-refractivity contribution in [2.75, 3.05) is 5.12 Å². The van der Waals surface area contributed by atoms with E-state index < -0.39 is 109 Å². The lowest BCUT2D eigenvalue weighted by Crippen LogP contribution is -2.79. The number of hydrogen-bond donors (Lipinski definition) is 2. The summed E-state index contributed by atoms with van der Waals surface area (Å²) < 4.78 is 144. The number of anilines is 1. The molecular formula is C24H14Br4F10N4. The first kappa shape index (κ1) is 30.9. The highest BCUT2D eigenvalue weighted by atomic mass is 79.9. The molecule has 228 valence electrons. The Kier molecular flexibility index (Phi) is 7.93. The smallest absolute Gasteiger partial charge is 0.200 e. The molecule has 2 aliphatic heterocycles. The van der Waals surface area contributed by atoms with Crippen LogP contribution in [0.25, 0.3) is 0 Å². The highest BCUT2D eigenvalue weighted by Gasteiger charge is 2.61. The van der Waals surface area contributed by atoms with Crippen LogP contribution in [0, 0.1) is 75.9 Å². The zero-order chi connectivity index (χ0) is 30.7. The Morgan fingerprint density at radius 3 is 1.69 bits per heavy atom. The molecule has 0 aromatic heterocycles. The van der Waals surface area contributed by atoms with Crippen molar-refractivity contribution in [1.29, 1.82) is 0 Å². The fourth-order valence-electron chi connectivity index (χ4n) is 6.71. The van der Waals surface area contributed by atoms with Gasteiger partial charge in [0.05, 0.1) is 12.1 Å². The fourth-order valence-corrected chi connectivity index (χ4v) is 9.72. The molecule has 2 saturated carbocycles. The third kappa shape index (κ3) is 4.24. The van der Waals surface area contributed by atoms with Crippen LogP contribution >= 0.6 is 63.7 Å². The van der Waals surface area contributed by atoms with Gasteiger partial charge in [0.15, 0.2) is 46.5 Å². The molecule has 18 heteroatoms. The largest absolute Gasteiger partial charge is 0.277 e. The van der Waals surface area contributed by atoms with Crippen LogP contribution in [-0.2, 0) is 0 Å². The predicted molar refractivity (Wildman–Crippen MR) is 143 cm³/mol. The molecule has 4 nitrogen and oxygen atoms in total. The third-order valence-corrected chi connectivity index (χ3v) is 13.9. The molecule has 2 aliphatic carbocycles. The van der Waals surface area contributed by atoms with Crippen molar-refractivity contribution < 1.29 is 43.9 Å². The van der Waals surface area contributed by atoms with Gasteiger partial charge in [0.1, 0.15) is 10.3 Å². The van der Waals surface area contributed by atoms with Gasteiger partial charge in [-0.15, -0.1) is 5.53 Å². The van der Waals surface area contributed by atoms with Gasteiger partial charge < -0.3 is 0 Å². The second-order valence-corrected chi connectivity index (χ2v) is 14.1. The van der Waals surface area contributed by atoms with Gasteiger partial charge in [-0.25, -0.2) is 54.4 Å². The number of nitrogens with one attached hydrogen (secondary N) is 2. The molecule has 3 fully saturated rings. The molecule has 6 rings (SSSR count). The predicted octanol–water partition coefficient (Wildman–Crippen LogP) is 7.80. The number of hydrogen-bond acceptors (Lipinski definition) is 4. The van der Waals surface area contributed by atoms with Crippen molar-refractivity contribution in [3.63, 3.8) is 0 Å². The molecule has 8 unspecified atom stereocenters. The van der Waals surface area contributed by atoms with E-state index in [9.17, 15) is 43.9 Å². The molecule has 8 atom stereocenters. The molecule has 2 heterocycles. The minimum atomic E-state index is -2.32. The Bertz CT molecular complexity index is 1380. The highest BCUT2D eigenvalue weighted by molar-refractivity contribution is 9.14. The van der Waals surface area contributed by atoms with Crippen LogP contribution in [0.1, 0.15) is 24.3 Å². The zero-order valence-corrected chi connectivity index (χ0v) is 26.6. The lowest BCUT2D eigenvalue weighted by Gasteiger charge is -2.63. The number of rotatable bonds is 2. The van der Waals surface area contributed by atoms with Crippen LogP contribution in [0.15, 0.2) is 9.09 Å². The first-order valence-corrected chi connectivity index (χ1v) is 15.6. The van der Waals surface area contributed by atoms with Gasteiger partial charge in [-0.3, -0.25) is 5.01 Å². The summed E-state index contributed by atoms with van der Waals surface area (Å²) in [6.07, 6.45) is -0.0197. The standard InChI is InChI=1S/C24H14Br4F10N4/c25-8-4-1-3(6-11(29)13(31)15(33)14(32)12(6)30)2-5-7(4)22-21(10(8)27)39-42(40-41(22)24(28)9(5)26)23-19(37)17(35)16(34)18(36)20(23)38/h3-5,7-8,10,21-22,39-40H,1-2H2. The van der Waals surface area contributed by atoms with E-state index in [1.807, 2.05) is 0 Å². The van der Waals surface area contributed by atoms with E-state index >= 15 is 0 Å². The maximum atomic E-state index is 14.9. The van der Waals surface area contributed by atoms with Crippen LogP contribution in [0.4, 0.5) is 49.6 Å². The summed E-state index contributed by atoms with van der Waals surface area (Å²) in [5.74, 6) is -23.4. The van der Waals surface area contributed by atoms with Gasteiger partial charge in [0.25, 0.3) is 0 Å². The number of allylic oxidation sites excluding steroid dienone is 1. The average molecular weight is 868 g/mol. The number of alkyl halides is 2. The maximum Gasteiger partial charge on any atom is 0.200 e. The fraction of sp³-hybridized carbons (Fsp3) is 0.417. The van der Waals surface area contributed by atoms with Crippen LogP contribution < -0.4 is 16.1 Å².